The summed E-state index contributed by atoms with van der Waals surface area (Å²) < 4.78 is 0. The van der Waals surface area contributed by atoms with Crippen LogP contribution in [0.2, 0.25) is 0 Å². The van der Waals surface area contributed by atoms with Gasteiger partial charge in [0.05, 0.1) is 0 Å². The van der Waals surface area contributed by atoms with Crippen molar-refractivity contribution in [3.8, 4) is 0 Å². The molecular formula is C15H25N3S. The van der Waals surface area contributed by atoms with Crippen molar-refractivity contribution in [3.63, 3.8) is 0 Å². The van der Waals surface area contributed by atoms with E-state index in [1.165, 1.54) is 42.7 Å². The van der Waals surface area contributed by atoms with Crippen LogP contribution in [0.25, 0.3) is 0 Å². The number of hydrogen-bond acceptors (Lipinski definition) is 4. The second kappa shape index (κ2) is 7.13. The highest BCUT2D eigenvalue weighted by Gasteiger charge is 2.18. The standard InChI is InChI=1S/C15H25N3S/c1-4-10-16-14-11(2)15(18-12(3)17-14)19-13-8-6-5-7-9-13/h13H,4-10H2,1-3H3,(H,16,17,18). The molecule has 19 heavy (non-hydrogen) atoms. The zero-order valence-electron chi connectivity index (χ0n) is 12.3. The van der Waals surface area contributed by atoms with Gasteiger partial charge in [0, 0.05) is 17.4 Å². The molecule has 2 rings (SSSR count). The van der Waals surface area contributed by atoms with Crippen molar-refractivity contribution in [2.24, 2.45) is 0 Å². The number of rotatable bonds is 5. The zero-order valence-corrected chi connectivity index (χ0v) is 13.1. The van der Waals surface area contributed by atoms with E-state index in [0.29, 0.717) is 0 Å². The second-order valence-electron chi connectivity index (χ2n) is 5.35. The summed E-state index contributed by atoms with van der Waals surface area (Å²) in [4.78, 5) is 9.18. The molecule has 1 aliphatic rings. The number of hydrogen-bond donors (Lipinski definition) is 1. The Morgan fingerprint density at radius 1 is 1.16 bits per heavy atom. The SMILES string of the molecule is CCCNc1nc(C)nc(SC2CCCCC2)c1C. The molecule has 1 heterocycles. The van der Waals surface area contributed by atoms with Gasteiger partial charge in [-0.15, -0.1) is 11.8 Å². The number of aromatic nitrogens is 2. The monoisotopic (exact) mass is 279 g/mol. The topological polar surface area (TPSA) is 37.8 Å². The first kappa shape index (κ1) is 14.6. The number of nitrogens with one attached hydrogen (secondary N) is 1. The van der Waals surface area contributed by atoms with Crippen LogP contribution in [0.4, 0.5) is 5.82 Å². The molecule has 1 aromatic rings. The lowest BCUT2D eigenvalue weighted by Crippen LogP contribution is -2.11. The normalized spacial score (nSPS) is 16.6. The molecule has 1 saturated carbocycles. The fourth-order valence-corrected chi connectivity index (χ4v) is 3.82. The summed E-state index contributed by atoms with van der Waals surface area (Å²) in [7, 11) is 0. The Bertz CT molecular complexity index is 414. The van der Waals surface area contributed by atoms with Gasteiger partial charge in [-0.25, -0.2) is 9.97 Å². The van der Waals surface area contributed by atoms with Crippen LogP contribution in [-0.4, -0.2) is 21.8 Å². The molecule has 1 aliphatic carbocycles. The van der Waals surface area contributed by atoms with Gasteiger partial charge in [-0.3, -0.25) is 0 Å². The summed E-state index contributed by atoms with van der Waals surface area (Å²) in [5.41, 5.74) is 1.22. The molecule has 4 heteroatoms. The van der Waals surface area contributed by atoms with Crippen LogP contribution in [-0.2, 0) is 0 Å². The number of aryl methyl sites for hydroxylation is 1. The van der Waals surface area contributed by atoms with Gasteiger partial charge in [-0.1, -0.05) is 26.2 Å². The summed E-state index contributed by atoms with van der Waals surface area (Å²) >= 11 is 1.96. The Balaban J connectivity index is 2.11. The van der Waals surface area contributed by atoms with Gasteiger partial charge >= 0.3 is 0 Å². The Labute approximate surface area is 121 Å². The summed E-state index contributed by atoms with van der Waals surface area (Å²) in [6.45, 7) is 7.28. The highest BCUT2D eigenvalue weighted by atomic mass is 32.2. The predicted octanol–water partition coefficient (Wildman–Crippen LogP) is 4.34. The van der Waals surface area contributed by atoms with Gasteiger partial charge in [-0.05, 0) is 33.1 Å². The van der Waals surface area contributed by atoms with E-state index < -0.39 is 0 Å². The van der Waals surface area contributed by atoms with Crippen molar-refractivity contribution in [1.82, 2.24) is 9.97 Å². The van der Waals surface area contributed by atoms with Gasteiger partial charge in [0.25, 0.3) is 0 Å². The maximum absolute atomic E-state index is 4.65. The van der Waals surface area contributed by atoms with E-state index in [1.54, 1.807) is 0 Å². The average molecular weight is 279 g/mol. The lowest BCUT2D eigenvalue weighted by molar-refractivity contribution is 0.515. The first-order valence-electron chi connectivity index (χ1n) is 7.46. The molecule has 1 N–H and O–H groups in total. The maximum Gasteiger partial charge on any atom is 0.133 e. The van der Waals surface area contributed by atoms with E-state index in [9.17, 15) is 0 Å². The molecule has 1 aromatic heterocycles. The van der Waals surface area contributed by atoms with Crippen molar-refractivity contribution < 1.29 is 0 Å². The molecule has 0 aromatic carbocycles. The van der Waals surface area contributed by atoms with Gasteiger partial charge in [-0.2, -0.15) is 0 Å². The molecule has 0 atom stereocenters. The highest BCUT2D eigenvalue weighted by molar-refractivity contribution is 7.99. The van der Waals surface area contributed by atoms with Crippen molar-refractivity contribution in [2.45, 2.75) is 69.6 Å². The predicted molar refractivity (Wildman–Crippen MR) is 83.0 cm³/mol. The smallest absolute Gasteiger partial charge is 0.133 e. The molecule has 0 aliphatic heterocycles. The molecule has 0 saturated heterocycles. The third-order valence-electron chi connectivity index (χ3n) is 3.59. The van der Waals surface area contributed by atoms with Crippen LogP contribution in [0.1, 0.15) is 56.8 Å². The van der Waals surface area contributed by atoms with Gasteiger partial charge < -0.3 is 5.32 Å². The maximum atomic E-state index is 4.65. The minimum atomic E-state index is 0.751. The fourth-order valence-electron chi connectivity index (χ4n) is 2.47. The Hall–Kier alpha value is -0.770. The Morgan fingerprint density at radius 3 is 2.58 bits per heavy atom. The van der Waals surface area contributed by atoms with Crippen LogP contribution in [0.15, 0.2) is 5.03 Å². The van der Waals surface area contributed by atoms with Crippen LogP contribution in [0.3, 0.4) is 0 Å². The second-order valence-corrected chi connectivity index (χ2v) is 6.64. The third kappa shape index (κ3) is 4.10. The Kier molecular flexibility index (Phi) is 5.49. The number of anilines is 1. The van der Waals surface area contributed by atoms with Crippen LogP contribution < -0.4 is 5.32 Å². The third-order valence-corrected chi connectivity index (χ3v) is 5.01. The first-order chi connectivity index (χ1) is 9.20. The quantitative estimate of drug-likeness (QED) is 0.814. The van der Waals surface area contributed by atoms with E-state index in [1.807, 2.05) is 18.7 Å². The number of nitrogens with zero attached hydrogens (tertiary/aromatic N) is 2. The first-order valence-corrected chi connectivity index (χ1v) is 8.34. The van der Waals surface area contributed by atoms with E-state index in [2.05, 4.69) is 29.1 Å². The summed E-state index contributed by atoms with van der Waals surface area (Å²) in [6, 6.07) is 0. The molecule has 0 bridgehead atoms. The van der Waals surface area contributed by atoms with E-state index in [0.717, 1.165) is 29.9 Å². The van der Waals surface area contributed by atoms with E-state index in [-0.39, 0.29) is 0 Å². The molecular weight excluding hydrogens is 254 g/mol. The van der Waals surface area contributed by atoms with E-state index in [4.69, 9.17) is 0 Å². The fraction of sp³-hybridized carbons (Fsp3) is 0.733. The molecule has 1 fully saturated rings. The molecule has 0 amide bonds. The van der Waals surface area contributed by atoms with Crippen LogP contribution >= 0.6 is 11.8 Å². The van der Waals surface area contributed by atoms with Crippen LogP contribution in [0.5, 0.6) is 0 Å². The minimum absolute atomic E-state index is 0.751. The van der Waals surface area contributed by atoms with Crippen LogP contribution in [0, 0.1) is 13.8 Å². The summed E-state index contributed by atoms with van der Waals surface area (Å²) in [5.74, 6) is 1.90. The molecule has 0 unspecified atom stereocenters. The molecule has 0 spiro atoms. The lowest BCUT2D eigenvalue weighted by atomic mass is 10.0. The van der Waals surface area contributed by atoms with Crippen molar-refractivity contribution >= 4 is 17.6 Å². The summed E-state index contributed by atoms with van der Waals surface area (Å²) in [5, 5.41) is 5.35. The molecule has 0 radical (unpaired) electrons. The minimum Gasteiger partial charge on any atom is -0.370 e. The Morgan fingerprint density at radius 2 is 1.89 bits per heavy atom. The highest BCUT2D eigenvalue weighted by Crippen LogP contribution is 2.35. The van der Waals surface area contributed by atoms with Crippen molar-refractivity contribution in [3.05, 3.63) is 11.4 Å². The molecule has 106 valence electrons. The van der Waals surface area contributed by atoms with Gasteiger partial charge in [0.1, 0.15) is 16.7 Å². The van der Waals surface area contributed by atoms with Gasteiger partial charge in [0.2, 0.25) is 0 Å². The summed E-state index contributed by atoms with van der Waals surface area (Å²) in [6.07, 6.45) is 7.95. The largest absolute Gasteiger partial charge is 0.370 e. The lowest BCUT2D eigenvalue weighted by Gasteiger charge is -2.22. The van der Waals surface area contributed by atoms with Crippen molar-refractivity contribution in [1.29, 1.82) is 0 Å². The van der Waals surface area contributed by atoms with Gasteiger partial charge in [0.15, 0.2) is 0 Å². The number of thioether (sulfide) groups is 1. The average Bonchev–Trinajstić information content (AvgIpc) is 2.42. The molecule has 3 nitrogen and oxygen atoms in total. The van der Waals surface area contributed by atoms with Crippen molar-refractivity contribution in [2.75, 3.05) is 11.9 Å². The van der Waals surface area contributed by atoms with E-state index >= 15 is 0 Å². The zero-order chi connectivity index (χ0) is 13.7.